The van der Waals surface area contributed by atoms with E-state index in [9.17, 15) is 9.59 Å². The molecule has 1 fully saturated rings. The van der Waals surface area contributed by atoms with Crippen molar-refractivity contribution in [1.82, 2.24) is 14.5 Å². The van der Waals surface area contributed by atoms with Gasteiger partial charge in [-0.2, -0.15) is 0 Å². The maximum Gasteiger partial charge on any atom is 0.263 e. The molecule has 0 saturated heterocycles. The van der Waals surface area contributed by atoms with E-state index in [1.807, 2.05) is 10.8 Å². The van der Waals surface area contributed by atoms with Crippen LogP contribution in [0.5, 0.6) is 11.6 Å². The number of aromatic nitrogens is 3. The predicted octanol–water partition coefficient (Wildman–Crippen LogP) is 2.83. The monoisotopic (exact) mass is 377 g/mol. The lowest BCUT2D eigenvalue weighted by atomic mass is 10.2. The minimum Gasteiger partial charge on any atom is -0.437 e. The summed E-state index contributed by atoms with van der Waals surface area (Å²) in [6.07, 6.45) is 7.41. The van der Waals surface area contributed by atoms with Crippen molar-refractivity contribution in [2.45, 2.75) is 19.4 Å². The molecule has 2 heterocycles. The molecule has 1 aliphatic rings. The van der Waals surface area contributed by atoms with Crippen LogP contribution in [0.3, 0.4) is 0 Å². The number of ether oxygens (including phenoxy) is 1. The molecular weight excluding hydrogens is 358 g/mol. The van der Waals surface area contributed by atoms with Crippen LogP contribution < -0.4 is 15.8 Å². The number of benzene rings is 1. The Morgan fingerprint density at radius 1 is 1.11 bits per heavy atom. The van der Waals surface area contributed by atoms with Gasteiger partial charge in [0, 0.05) is 25.1 Å². The minimum atomic E-state index is -0.625. The summed E-state index contributed by atoms with van der Waals surface area (Å²) in [5.74, 6) is 0.409. The molecule has 0 unspecified atom stereocenters. The van der Waals surface area contributed by atoms with E-state index < -0.39 is 11.8 Å². The van der Waals surface area contributed by atoms with Crippen molar-refractivity contribution < 1.29 is 14.3 Å². The lowest BCUT2D eigenvalue weighted by Crippen LogP contribution is -2.18. The zero-order chi connectivity index (χ0) is 19.5. The number of anilines is 1. The molecule has 142 valence electrons. The van der Waals surface area contributed by atoms with Crippen LogP contribution in [0.15, 0.2) is 55.0 Å². The van der Waals surface area contributed by atoms with Gasteiger partial charge >= 0.3 is 0 Å². The van der Waals surface area contributed by atoms with E-state index in [2.05, 4.69) is 15.3 Å². The van der Waals surface area contributed by atoms with Crippen LogP contribution in [-0.2, 0) is 6.54 Å². The number of hydrogen-bond donors (Lipinski definition) is 2. The summed E-state index contributed by atoms with van der Waals surface area (Å²) in [6, 6.07) is 9.77. The Morgan fingerprint density at radius 2 is 1.89 bits per heavy atom. The molecule has 0 bridgehead atoms. The van der Waals surface area contributed by atoms with Crippen LogP contribution in [-0.4, -0.2) is 26.3 Å². The van der Waals surface area contributed by atoms with Crippen LogP contribution in [0, 0.1) is 5.92 Å². The quantitative estimate of drug-likeness (QED) is 0.657. The third-order valence-corrected chi connectivity index (χ3v) is 4.47. The molecule has 8 nitrogen and oxygen atoms in total. The van der Waals surface area contributed by atoms with Crippen molar-refractivity contribution in [2.24, 2.45) is 11.7 Å². The number of nitrogens with one attached hydrogen (secondary N) is 1. The Bertz CT molecular complexity index is 1030. The van der Waals surface area contributed by atoms with E-state index in [0.29, 0.717) is 11.9 Å². The molecule has 0 aliphatic heterocycles. The molecule has 3 N–H and O–H groups in total. The van der Waals surface area contributed by atoms with E-state index >= 15 is 0 Å². The van der Waals surface area contributed by atoms with Gasteiger partial charge in [0.15, 0.2) is 0 Å². The van der Waals surface area contributed by atoms with Crippen molar-refractivity contribution in [3.63, 3.8) is 0 Å². The second kappa shape index (κ2) is 7.51. The predicted molar refractivity (Wildman–Crippen MR) is 102 cm³/mol. The number of nitrogens with two attached hydrogens (primary N) is 1. The highest BCUT2D eigenvalue weighted by Crippen LogP contribution is 2.31. The highest BCUT2D eigenvalue weighted by molar-refractivity contribution is 6.05. The van der Waals surface area contributed by atoms with E-state index in [4.69, 9.17) is 10.5 Å². The molecule has 4 rings (SSSR count). The lowest BCUT2D eigenvalue weighted by molar-refractivity contribution is 0.0997. The molecule has 2 aromatic heterocycles. The van der Waals surface area contributed by atoms with Crippen molar-refractivity contribution in [3.05, 3.63) is 66.1 Å². The molecule has 8 heteroatoms. The van der Waals surface area contributed by atoms with Gasteiger partial charge in [0.05, 0.1) is 5.56 Å². The molecular formula is C20H19N5O3. The molecule has 1 aliphatic carbocycles. The number of carbonyl (C=O) groups is 2. The summed E-state index contributed by atoms with van der Waals surface area (Å²) in [6.45, 7) is 0.831. The van der Waals surface area contributed by atoms with Gasteiger partial charge in [0.1, 0.15) is 11.3 Å². The first-order valence-corrected chi connectivity index (χ1v) is 8.96. The fourth-order valence-corrected chi connectivity index (χ4v) is 2.84. The highest BCUT2D eigenvalue weighted by atomic mass is 16.5. The number of amides is 2. The SMILES string of the molecule is NC(=O)c1ccccc1Oc1ncccc1C(=O)Nc1nccn1CC1CC1. The lowest BCUT2D eigenvalue weighted by Gasteiger charge is -2.12. The molecule has 1 saturated carbocycles. The Labute approximate surface area is 161 Å². The first-order valence-electron chi connectivity index (χ1n) is 8.96. The average molecular weight is 377 g/mol. The third-order valence-electron chi connectivity index (χ3n) is 4.47. The maximum absolute atomic E-state index is 12.8. The number of hydrogen-bond acceptors (Lipinski definition) is 5. The van der Waals surface area contributed by atoms with Crippen LogP contribution in [0.2, 0.25) is 0 Å². The molecule has 2 amide bonds. The fraction of sp³-hybridized carbons (Fsp3) is 0.200. The largest absolute Gasteiger partial charge is 0.437 e. The second-order valence-electron chi connectivity index (χ2n) is 6.62. The Morgan fingerprint density at radius 3 is 2.68 bits per heavy atom. The molecule has 0 atom stereocenters. The Kier molecular flexibility index (Phi) is 4.76. The van der Waals surface area contributed by atoms with E-state index in [-0.39, 0.29) is 22.8 Å². The standard InChI is InChI=1S/C20H19N5O3/c21-17(26)14-4-1-2-6-16(14)28-19-15(5-3-9-22-19)18(27)24-20-23-10-11-25(20)12-13-7-8-13/h1-6,9-11,13H,7-8,12H2,(H2,21,26)(H,23,24,27). The summed E-state index contributed by atoms with van der Waals surface area (Å²) in [5.41, 5.74) is 5.82. The normalized spacial score (nSPS) is 13.1. The van der Waals surface area contributed by atoms with Gasteiger partial charge in [-0.25, -0.2) is 9.97 Å². The molecule has 3 aromatic rings. The molecule has 1 aromatic carbocycles. The van der Waals surface area contributed by atoms with E-state index in [0.717, 1.165) is 6.54 Å². The summed E-state index contributed by atoms with van der Waals surface area (Å²) in [5, 5.41) is 2.80. The van der Waals surface area contributed by atoms with Gasteiger partial charge in [0.2, 0.25) is 11.8 Å². The number of pyridine rings is 1. The number of nitrogens with zero attached hydrogens (tertiary/aromatic N) is 3. The van der Waals surface area contributed by atoms with E-state index in [1.54, 1.807) is 42.6 Å². The van der Waals surface area contributed by atoms with Crippen LogP contribution in [0.1, 0.15) is 33.6 Å². The molecule has 0 radical (unpaired) electrons. The third kappa shape index (κ3) is 3.85. The van der Waals surface area contributed by atoms with Gasteiger partial charge in [-0.1, -0.05) is 12.1 Å². The van der Waals surface area contributed by atoms with Gasteiger partial charge in [-0.3, -0.25) is 14.9 Å². The zero-order valence-electron chi connectivity index (χ0n) is 15.0. The summed E-state index contributed by atoms with van der Waals surface area (Å²) >= 11 is 0. The Hall–Kier alpha value is -3.68. The number of carbonyl (C=O) groups excluding carboxylic acids is 2. The first-order chi connectivity index (χ1) is 13.6. The average Bonchev–Trinajstić information content (AvgIpc) is 3.41. The Balaban J connectivity index is 1.57. The fourth-order valence-electron chi connectivity index (χ4n) is 2.84. The molecule has 28 heavy (non-hydrogen) atoms. The van der Waals surface area contributed by atoms with Crippen molar-refractivity contribution >= 4 is 17.8 Å². The van der Waals surface area contributed by atoms with Crippen molar-refractivity contribution in [2.75, 3.05) is 5.32 Å². The summed E-state index contributed by atoms with van der Waals surface area (Å²) in [7, 11) is 0. The van der Waals surface area contributed by atoms with Crippen LogP contribution >= 0.6 is 0 Å². The number of rotatable bonds is 7. The van der Waals surface area contributed by atoms with Gasteiger partial charge in [0.25, 0.3) is 11.8 Å². The number of primary amides is 1. The van der Waals surface area contributed by atoms with Gasteiger partial charge < -0.3 is 15.0 Å². The number of imidazole rings is 1. The first kappa shape index (κ1) is 17.7. The second-order valence-corrected chi connectivity index (χ2v) is 6.62. The van der Waals surface area contributed by atoms with E-state index in [1.165, 1.54) is 19.0 Å². The van der Waals surface area contributed by atoms with Gasteiger partial charge in [-0.05, 0) is 43.0 Å². The topological polar surface area (TPSA) is 112 Å². The highest BCUT2D eigenvalue weighted by Gasteiger charge is 2.24. The number of para-hydroxylation sites is 1. The maximum atomic E-state index is 12.8. The van der Waals surface area contributed by atoms with Crippen LogP contribution in [0.25, 0.3) is 0 Å². The smallest absolute Gasteiger partial charge is 0.263 e. The molecule has 0 spiro atoms. The zero-order valence-corrected chi connectivity index (χ0v) is 15.0. The minimum absolute atomic E-state index is 0.0778. The van der Waals surface area contributed by atoms with Crippen molar-refractivity contribution in [1.29, 1.82) is 0 Å². The van der Waals surface area contributed by atoms with Crippen molar-refractivity contribution in [3.8, 4) is 11.6 Å². The van der Waals surface area contributed by atoms with Gasteiger partial charge in [-0.15, -0.1) is 0 Å². The summed E-state index contributed by atoms with van der Waals surface area (Å²) in [4.78, 5) is 32.8. The van der Waals surface area contributed by atoms with Crippen LogP contribution in [0.4, 0.5) is 5.95 Å². The summed E-state index contributed by atoms with van der Waals surface area (Å²) < 4.78 is 7.67.